The molecule has 0 aliphatic heterocycles. The highest BCUT2D eigenvalue weighted by molar-refractivity contribution is 5.21. The molecule has 2 aliphatic rings. The van der Waals surface area contributed by atoms with Crippen LogP contribution in [0.4, 0.5) is 4.39 Å². The largest absolute Gasteiger partial charge is 0.207 e. The first-order valence-electron chi connectivity index (χ1n) is 11.0. The Morgan fingerprint density at radius 2 is 1.36 bits per heavy atom. The van der Waals surface area contributed by atoms with Crippen molar-refractivity contribution in [2.24, 2.45) is 17.8 Å². The van der Waals surface area contributed by atoms with Crippen molar-refractivity contribution >= 4 is 0 Å². The fourth-order valence-electron chi connectivity index (χ4n) is 5.46. The number of halogens is 1. The Bertz CT molecular complexity index is 493. The lowest BCUT2D eigenvalue weighted by molar-refractivity contribution is 0.236. The molecule has 1 aromatic rings. The maximum Gasteiger partial charge on any atom is 0.123 e. The van der Waals surface area contributed by atoms with Gasteiger partial charge in [-0.3, -0.25) is 0 Å². The predicted molar refractivity (Wildman–Crippen MR) is 105 cm³/mol. The minimum atomic E-state index is -0.0757. The van der Waals surface area contributed by atoms with Crippen molar-refractivity contribution in [3.63, 3.8) is 0 Å². The van der Waals surface area contributed by atoms with Crippen LogP contribution in [0, 0.1) is 23.6 Å². The van der Waals surface area contributed by atoms with Gasteiger partial charge in [-0.1, -0.05) is 76.8 Å². The Kier molecular flexibility index (Phi) is 7.37. The molecule has 0 amide bonds. The van der Waals surface area contributed by atoms with Crippen molar-refractivity contribution in [2.45, 2.75) is 96.3 Å². The summed E-state index contributed by atoms with van der Waals surface area (Å²) in [6, 6.07) is 7.29. The van der Waals surface area contributed by atoms with E-state index in [4.69, 9.17) is 0 Å². The third kappa shape index (κ3) is 5.83. The van der Waals surface area contributed by atoms with Gasteiger partial charge in [-0.2, -0.15) is 0 Å². The van der Waals surface area contributed by atoms with Crippen molar-refractivity contribution in [3.05, 3.63) is 35.6 Å². The highest BCUT2D eigenvalue weighted by Crippen LogP contribution is 2.39. The van der Waals surface area contributed by atoms with E-state index in [0.717, 1.165) is 17.8 Å². The Labute approximate surface area is 154 Å². The molecule has 0 aromatic heterocycles. The topological polar surface area (TPSA) is 0 Å². The molecule has 25 heavy (non-hydrogen) atoms. The van der Waals surface area contributed by atoms with Crippen molar-refractivity contribution < 1.29 is 4.39 Å². The first-order valence-corrected chi connectivity index (χ1v) is 11.0. The zero-order chi connectivity index (χ0) is 17.5. The number of rotatable bonds is 7. The minimum absolute atomic E-state index is 0.0757. The molecular weight excluding hydrogens is 307 g/mol. The van der Waals surface area contributed by atoms with E-state index in [1.807, 2.05) is 6.07 Å². The van der Waals surface area contributed by atoms with E-state index < -0.39 is 0 Å². The smallest absolute Gasteiger partial charge is 0.123 e. The fraction of sp³-hybridized carbons (Fsp3) is 0.750. The second-order valence-corrected chi connectivity index (χ2v) is 8.88. The molecule has 1 heteroatoms. The molecular formula is C24H37F. The van der Waals surface area contributed by atoms with E-state index in [0.29, 0.717) is 5.92 Å². The number of hydrogen-bond acceptors (Lipinski definition) is 0. The van der Waals surface area contributed by atoms with Crippen LogP contribution in [0.15, 0.2) is 24.3 Å². The normalized spacial score (nSPS) is 30.3. The van der Waals surface area contributed by atoms with Gasteiger partial charge < -0.3 is 0 Å². The van der Waals surface area contributed by atoms with Crippen molar-refractivity contribution in [3.8, 4) is 0 Å². The van der Waals surface area contributed by atoms with Gasteiger partial charge in [0, 0.05) is 0 Å². The first-order chi connectivity index (χ1) is 12.2. The number of hydrogen-bond donors (Lipinski definition) is 0. The summed E-state index contributed by atoms with van der Waals surface area (Å²) in [5.74, 6) is 3.52. The van der Waals surface area contributed by atoms with Gasteiger partial charge in [-0.05, 0) is 67.1 Å². The summed E-state index contributed by atoms with van der Waals surface area (Å²) in [5, 5.41) is 0. The summed E-state index contributed by atoms with van der Waals surface area (Å²) in [7, 11) is 0. The summed E-state index contributed by atoms with van der Waals surface area (Å²) in [6.07, 6.45) is 18.4. The second kappa shape index (κ2) is 9.74. The van der Waals surface area contributed by atoms with Crippen LogP contribution < -0.4 is 0 Å². The van der Waals surface area contributed by atoms with Crippen LogP contribution in [0.5, 0.6) is 0 Å². The molecule has 0 saturated heterocycles. The van der Waals surface area contributed by atoms with Gasteiger partial charge in [-0.15, -0.1) is 0 Å². The van der Waals surface area contributed by atoms with E-state index >= 15 is 0 Å². The lowest BCUT2D eigenvalue weighted by Gasteiger charge is -2.30. The molecule has 3 rings (SSSR count). The van der Waals surface area contributed by atoms with E-state index in [1.54, 1.807) is 12.1 Å². The molecule has 0 radical (unpaired) electrons. The molecule has 2 aliphatic carbocycles. The maximum absolute atomic E-state index is 13.4. The zero-order valence-electron chi connectivity index (χ0n) is 16.2. The molecule has 0 bridgehead atoms. The van der Waals surface area contributed by atoms with Gasteiger partial charge in [0.1, 0.15) is 5.82 Å². The monoisotopic (exact) mass is 344 g/mol. The van der Waals surface area contributed by atoms with E-state index in [-0.39, 0.29) is 5.82 Å². The molecule has 140 valence electrons. The highest BCUT2D eigenvalue weighted by Gasteiger charge is 2.24. The highest BCUT2D eigenvalue weighted by atomic mass is 19.1. The van der Waals surface area contributed by atoms with Crippen LogP contribution >= 0.6 is 0 Å². The van der Waals surface area contributed by atoms with E-state index in [2.05, 4.69) is 13.0 Å². The Morgan fingerprint density at radius 1 is 0.800 bits per heavy atom. The van der Waals surface area contributed by atoms with E-state index in [9.17, 15) is 4.39 Å². The SMILES string of the molecule is CCCC1CCC(CCCC2CCC(c3cccc(F)c3)CC2)CC1. The summed E-state index contributed by atoms with van der Waals surface area (Å²) in [5.41, 5.74) is 1.22. The zero-order valence-corrected chi connectivity index (χ0v) is 16.2. The minimum Gasteiger partial charge on any atom is -0.207 e. The van der Waals surface area contributed by atoms with Gasteiger partial charge in [-0.25, -0.2) is 4.39 Å². The summed E-state index contributed by atoms with van der Waals surface area (Å²) < 4.78 is 13.4. The van der Waals surface area contributed by atoms with Crippen LogP contribution in [0.2, 0.25) is 0 Å². The van der Waals surface area contributed by atoms with Crippen LogP contribution in [0.3, 0.4) is 0 Å². The predicted octanol–water partition coefficient (Wildman–Crippen LogP) is 7.88. The van der Waals surface area contributed by atoms with E-state index in [1.165, 1.54) is 89.0 Å². The average molecular weight is 345 g/mol. The Hall–Kier alpha value is -0.850. The van der Waals surface area contributed by atoms with Crippen LogP contribution in [0.1, 0.15) is 102 Å². The maximum atomic E-state index is 13.4. The standard InChI is InChI=1S/C24H37F/c1-2-5-19-10-12-20(13-11-19)6-3-7-21-14-16-22(17-15-21)23-8-4-9-24(25)18-23/h4,8-9,18-22H,2-3,5-7,10-17H2,1H3. The summed E-state index contributed by atoms with van der Waals surface area (Å²) in [6.45, 7) is 2.33. The molecule has 2 saturated carbocycles. The molecule has 0 N–H and O–H groups in total. The molecule has 0 unspecified atom stereocenters. The van der Waals surface area contributed by atoms with Crippen molar-refractivity contribution in [2.75, 3.05) is 0 Å². The summed E-state index contributed by atoms with van der Waals surface area (Å²) >= 11 is 0. The van der Waals surface area contributed by atoms with Crippen LogP contribution in [0.25, 0.3) is 0 Å². The second-order valence-electron chi connectivity index (χ2n) is 8.88. The van der Waals surface area contributed by atoms with Gasteiger partial charge in [0.2, 0.25) is 0 Å². The van der Waals surface area contributed by atoms with Crippen LogP contribution in [-0.2, 0) is 0 Å². The molecule has 0 atom stereocenters. The molecule has 2 fully saturated rings. The average Bonchev–Trinajstić information content (AvgIpc) is 2.64. The van der Waals surface area contributed by atoms with Crippen molar-refractivity contribution in [1.29, 1.82) is 0 Å². The van der Waals surface area contributed by atoms with Gasteiger partial charge in [0.25, 0.3) is 0 Å². The molecule has 0 heterocycles. The van der Waals surface area contributed by atoms with Crippen molar-refractivity contribution in [1.82, 2.24) is 0 Å². The lowest BCUT2D eigenvalue weighted by Crippen LogP contribution is -2.16. The van der Waals surface area contributed by atoms with Gasteiger partial charge >= 0.3 is 0 Å². The Balaban J connectivity index is 1.31. The lowest BCUT2D eigenvalue weighted by atomic mass is 9.75. The summed E-state index contributed by atoms with van der Waals surface area (Å²) in [4.78, 5) is 0. The fourth-order valence-corrected chi connectivity index (χ4v) is 5.46. The quantitative estimate of drug-likeness (QED) is 0.472. The van der Waals surface area contributed by atoms with Gasteiger partial charge in [0.05, 0.1) is 0 Å². The third-order valence-corrected chi connectivity index (χ3v) is 7.05. The Morgan fingerprint density at radius 3 is 1.92 bits per heavy atom. The molecule has 0 spiro atoms. The van der Waals surface area contributed by atoms with Gasteiger partial charge in [0.15, 0.2) is 0 Å². The third-order valence-electron chi connectivity index (χ3n) is 7.05. The van der Waals surface area contributed by atoms with Crippen LogP contribution in [-0.4, -0.2) is 0 Å². The molecule has 0 nitrogen and oxygen atoms in total. The molecule has 1 aromatic carbocycles. The first kappa shape index (κ1) is 18.9. The number of benzene rings is 1.